The summed E-state index contributed by atoms with van der Waals surface area (Å²) in [6.07, 6.45) is -0.419. The van der Waals surface area contributed by atoms with E-state index in [9.17, 15) is 45.3 Å². The Labute approximate surface area is 241 Å². The average molecular weight is 591 g/mol. The number of nitro benzene ring substituents is 4. The maximum atomic E-state index is 13.2. The van der Waals surface area contributed by atoms with E-state index in [0.717, 1.165) is 12.1 Å². The molecule has 0 amide bonds. The predicted molar refractivity (Wildman–Crippen MR) is 151 cm³/mol. The Bertz CT molecular complexity index is 1330. The lowest BCUT2D eigenvalue weighted by Crippen LogP contribution is -2.34. The van der Waals surface area contributed by atoms with Gasteiger partial charge in [-0.1, -0.05) is 27.7 Å². The highest BCUT2D eigenvalue weighted by atomic mass is 16.7. The number of benzene rings is 2. The first-order chi connectivity index (χ1) is 19.3. The minimum atomic E-state index is -1.75. The van der Waals surface area contributed by atoms with Crippen molar-refractivity contribution in [3.63, 3.8) is 0 Å². The molecule has 0 aromatic heterocycles. The van der Waals surface area contributed by atoms with E-state index >= 15 is 0 Å². The second-order valence-electron chi connectivity index (χ2n) is 11.0. The lowest BCUT2D eigenvalue weighted by atomic mass is 9.84. The van der Waals surface area contributed by atoms with Gasteiger partial charge in [0.25, 0.3) is 22.7 Å². The highest BCUT2D eigenvalue weighted by molar-refractivity contribution is 5.66. The standard InChI is InChI=1S/C27H34N4O11/c1-9-15(3)19-11-17(28(33)34)13-21(30(37)38)23(19)26(5,6)41-25(32)42-27(7,8)24-20(16(4)10-2)12-18(29(35)36)14-22(24)31(39)40/h11-16H,9-10H2,1-8H3. The van der Waals surface area contributed by atoms with E-state index in [1.54, 1.807) is 27.7 Å². The first-order valence-corrected chi connectivity index (χ1v) is 13.1. The molecule has 0 N–H and O–H groups in total. The van der Waals surface area contributed by atoms with Gasteiger partial charge in [-0.25, -0.2) is 4.79 Å². The van der Waals surface area contributed by atoms with Crippen LogP contribution in [-0.4, -0.2) is 25.8 Å². The van der Waals surface area contributed by atoms with E-state index in [4.69, 9.17) is 9.47 Å². The van der Waals surface area contributed by atoms with E-state index in [0.29, 0.717) is 12.8 Å². The van der Waals surface area contributed by atoms with Crippen molar-refractivity contribution in [2.45, 2.75) is 91.3 Å². The van der Waals surface area contributed by atoms with Crippen LogP contribution in [0.5, 0.6) is 0 Å². The molecule has 15 heteroatoms. The van der Waals surface area contributed by atoms with Crippen LogP contribution in [0.25, 0.3) is 0 Å². The molecule has 2 aromatic carbocycles. The minimum absolute atomic E-state index is 0.0659. The van der Waals surface area contributed by atoms with Crippen molar-refractivity contribution in [1.29, 1.82) is 0 Å². The first-order valence-electron chi connectivity index (χ1n) is 13.1. The van der Waals surface area contributed by atoms with Gasteiger partial charge in [0.1, 0.15) is 11.2 Å². The van der Waals surface area contributed by atoms with Gasteiger partial charge in [0.05, 0.1) is 43.0 Å². The van der Waals surface area contributed by atoms with Gasteiger partial charge in [0.2, 0.25) is 0 Å². The summed E-state index contributed by atoms with van der Waals surface area (Å²) in [6.45, 7) is 12.5. The zero-order valence-electron chi connectivity index (χ0n) is 24.7. The van der Waals surface area contributed by atoms with Crippen LogP contribution in [0.1, 0.15) is 102 Å². The second kappa shape index (κ2) is 12.4. The fraction of sp³-hybridized carbons (Fsp3) is 0.519. The Morgan fingerprint density at radius 1 is 0.667 bits per heavy atom. The smallest absolute Gasteiger partial charge is 0.423 e. The number of rotatable bonds is 12. The zero-order valence-corrected chi connectivity index (χ0v) is 24.7. The highest BCUT2D eigenvalue weighted by Crippen LogP contribution is 2.45. The number of carbonyl (C=O) groups excluding carboxylic acids is 1. The van der Waals surface area contributed by atoms with Crippen LogP contribution >= 0.6 is 0 Å². The van der Waals surface area contributed by atoms with Gasteiger partial charge in [-0.2, -0.15) is 0 Å². The maximum Gasteiger partial charge on any atom is 0.510 e. The number of carbonyl (C=O) groups is 1. The summed E-state index contributed by atoms with van der Waals surface area (Å²) < 4.78 is 11.2. The molecule has 228 valence electrons. The normalized spacial score (nSPS) is 13.1. The Morgan fingerprint density at radius 2 is 0.976 bits per heavy atom. The fourth-order valence-electron chi connectivity index (χ4n) is 4.83. The van der Waals surface area contributed by atoms with Crippen LogP contribution in [-0.2, 0) is 20.7 Å². The van der Waals surface area contributed by atoms with E-state index in [1.807, 2.05) is 0 Å². The topological polar surface area (TPSA) is 208 Å². The zero-order chi connectivity index (χ0) is 32.3. The van der Waals surface area contributed by atoms with Crippen LogP contribution in [0.2, 0.25) is 0 Å². The van der Waals surface area contributed by atoms with Crippen molar-refractivity contribution in [2.75, 3.05) is 0 Å². The summed E-state index contributed by atoms with van der Waals surface area (Å²) in [5.74, 6) is -0.787. The average Bonchev–Trinajstić information content (AvgIpc) is 2.89. The van der Waals surface area contributed by atoms with Gasteiger partial charge in [0, 0.05) is 12.1 Å². The molecule has 2 aromatic rings. The largest absolute Gasteiger partial charge is 0.510 e. The summed E-state index contributed by atoms with van der Waals surface area (Å²) in [6, 6.07) is 3.99. The number of hydrogen-bond donors (Lipinski definition) is 0. The molecule has 0 saturated heterocycles. The van der Waals surface area contributed by atoms with Crippen molar-refractivity contribution >= 4 is 28.9 Å². The quantitative estimate of drug-likeness (QED) is 0.133. The molecule has 0 bridgehead atoms. The summed E-state index contributed by atoms with van der Waals surface area (Å²) in [5, 5.41) is 47.0. The molecule has 42 heavy (non-hydrogen) atoms. The van der Waals surface area contributed by atoms with Gasteiger partial charge in [0.15, 0.2) is 0 Å². The van der Waals surface area contributed by atoms with Gasteiger partial charge in [-0.05, 0) is 63.5 Å². The van der Waals surface area contributed by atoms with Crippen molar-refractivity contribution in [2.24, 2.45) is 0 Å². The van der Waals surface area contributed by atoms with Crippen molar-refractivity contribution in [3.8, 4) is 0 Å². The van der Waals surface area contributed by atoms with Gasteiger partial charge < -0.3 is 9.47 Å². The van der Waals surface area contributed by atoms with Crippen molar-refractivity contribution < 1.29 is 34.0 Å². The Morgan fingerprint density at radius 3 is 1.21 bits per heavy atom. The Hall–Kier alpha value is -4.69. The van der Waals surface area contributed by atoms with Gasteiger partial charge in [-0.3, -0.25) is 40.5 Å². The minimum Gasteiger partial charge on any atom is -0.423 e. The molecule has 0 aliphatic carbocycles. The van der Waals surface area contributed by atoms with Crippen LogP contribution in [0, 0.1) is 40.5 Å². The molecule has 0 radical (unpaired) electrons. The molecule has 2 rings (SSSR count). The number of hydrogen-bond acceptors (Lipinski definition) is 11. The predicted octanol–water partition coefficient (Wildman–Crippen LogP) is 7.67. The number of nitro groups is 4. The summed E-state index contributed by atoms with van der Waals surface area (Å²) in [7, 11) is 0. The van der Waals surface area contributed by atoms with Crippen LogP contribution in [0.3, 0.4) is 0 Å². The van der Waals surface area contributed by atoms with E-state index in [1.165, 1.54) is 39.8 Å². The molecule has 15 nitrogen and oxygen atoms in total. The third-order valence-corrected chi connectivity index (χ3v) is 7.25. The summed E-state index contributed by atoms with van der Waals surface area (Å²) in [5.41, 5.74) is -5.39. The van der Waals surface area contributed by atoms with Crippen molar-refractivity contribution in [1.82, 2.24) is 0 Å². The molecule has 0 saturated carbocycles. The number of non-ortho nitro benzene ring substituents is 2. The highest BCUT2D eigenvalue weighted by Gasteiger charge is 2.42. The molecular formula is C27H34N4O11. The van der Waals surface area contributed by atoms with Gasteiger partial charge >= 0.3 is 6.16 Å². The summed E-state index contributed by atoms with van der Waals surface area (Å²) in [4.78, 5) is 57.1. The monoisotopic (exact) mass is 590 g/mol. The molecule has 0 aliphatic heterocycles. The molecule has 2 atom stereocenters. The van der Waals surface area contributed by atoms with Crippen LogP contribution in [0.4, 0.5) is 27.5 Å². The Balaban J connectivity index is 2.66. The molecule has 0 fully saturated rings. The summed E-state index contributed by atoms with van der Waals surface area (Å²) >= 11 is 0. The fourth-order valence-corrected chi connectivity index (χ4v) is 4.83. The molecule has 0 heterocycles. The lowest BCUT2D eigenvalue weighted by Gasteiger charge is -2.32. The van der Waals surface area contributed by atoms with Crippen LogP contribution < -0.4 is 0 Å². The number of nitrogens with zero attached hydrogens (tertiary/aromatic N) is 4. The molecule has 2 unspecified atom stereocenters. The maximum absolute atomic E-state index is 13.2. The molecular weight excluding hydrogens is 556 g/mol. The first kappa shape index (κ1) is 33.5. The Kier molecular flexibility index (Phi) is 9.93. The third kappa shape index (κ3) is 6.95. The van der Waals surface area contributed by atoms with E-state index < -0.39 is 71.6 Å². The molecule has 0 aliphatic rings. The second-order valence-corrected chi connectivity index (χ2v) is 11.0. The van der Waals surface area contributed by atoms with E-state index in [2.05, 4.69) is 0 Å². The van der Waals surface area contributed by atoms with E-state index in [-0.39, 0.29) is 22.3 Å². The number of ether oxygens (including phenoxy) is 2. The van der Waals surface area contributed by atoms with Crippen molar-refractivity contribution in [3.05, 3.63) is 87.0 Å². The third-order valence-electron chi connectivity index (χ3n) is 7.25. The SMILES string of the molecule is CCC(C)c1cc([N+](=O)[O-])cc([N+](=O)[O-])c1C(C)(C)OC(=O)OC(C)(C)c1c(C(C)CC)cc([N+](=O)[O-])cc1[N+](=O)[O-]. The van der Waals surface area contributed by atoms with Gasteiger partial charge in [-0.15, -0.1) is 0 Å². The molecule has 0 spiro atoms. The lowest BCUT2D eigenvalue weighted by molar-refractivity contribution is -0.395. The van der Waals surface area contributed by atoms with Crippen LogP contribution in [0.15, 0.2) is 24.3 Å².